The number of nitrogens with one attached hydrogen (secondary N) is 1. The van der Waals surface area contributed by atoms with E-state index < -0.39 is 0 Å². The van der Waals surface area contributed by atoms with Crippen molar-refractivity contribution in [1.82, 2.24) is 10.2 Å². The summed E-state index contributed by atoms with van der Waals surface area (Å²) in [4.78, 5) is 13.2. The summed E-state index contributed by atoms with van der Waals surface area (Å²) in [6, 6.07) is 0.468. The Labute approximate surface area is 78.9 Å². The van der Waals surface area contributed by atoms with Crippen molar-refractivity contribution < 1.29 is 9.90 Å². The van der Waals surface area contributed by atoms with Crippen LogP contribution >= 0.6 is 0 Å². The highest BCUT2D eigenvalue weighted by molar-refractivity contribution is 5.78. The zero-order chi connectivity index (χ0) is 9.84. The van der Waals surface area contributed by atoms with Gasteiger partial charge in [-0.1, -0.05) is 0 Å². The van der Waals surface area contributed by atoms with Crippen molar-refractivity contribution in [2.45, 2.75) is 31.8 Å². The first kappa shape index (κ1) is 10.5. The largest absolute Gasteiger partial charge is 0.395 e. The first-order valence-corrected chi connectivity index (χ1v) is 4.75. The average Bonchev–Trinajstić information content (AvgIpc) is 2.95. The van der Waals surface area contributed by atoms with Crippen molar-refractivity contribution in [2.24, 2.45) is 0 Å². The van der Waals surface area contributed by atoms with Crippen LogP contribution in [0.5, 0.6) is 0 Å². The lowest BCUT2D eigenvalue weighted by molar-refractivity contribution is -0.129. The zero-order valence-corrected chi connectivity index (χ0v) is 8.29. The number of aliphatic hydroxyl groups excluding tert-OH is 1. The Hall–Kier alpha value is -0.610. The molecule has 1 aliphatic carbocycles. The summed E-state index contributed by atoms with van der Waals surface area (Å²) in [6.45, 7) is 2.25. The van der Waals surface area contributed by atoms with E-state index in [0.717, 1.165) is 12.8 Å². The number of hydrogen-bond donors (Lipinski definition) is 2. The molecular formula is C9H18N2O2. The maximum Gasteiger partial charge on any atom is 0.236 e. The van der Waals surface area contributed by atoms with Crippen molar-refractivity contribution in [1.29, 1.82) is 0 Å². The highest BCUT2D eigenvalue weighted by Gasteiger charge is 2.29. The van der Waals surface area contributed by atoms with Gasteiger partial charge in [0.1, 0.15) is 0 Å². The van der Waals surface area contributed by atoms with Crippen molar-refractivity contribution in [3.8, 4) is 0 Å². The Balaban J connectivity index is 2.16. The van der Waals surface area contributed by atoms with Gasteiger partial charge >= 0.3 is 0 Å². The summed E-state index contributed by atoms with van der Waals surface area (Å²) >= 11 is 0. The normalized spacial score (nSPS) is 18.4. The van der Waals surface area contributed by atoms with E-state index in [0.29, 0.717) is 12.6 Å². The van der Waals surface area contributed by atoms with E-state index in [1.807, 2.05) is 14.0 Å². The number of nitrogens with zero attached hydrogens (tertiary/aromatic N) is 1. The average molecular weight is 186 g/mol. The third kappa shape index (κ3) is 3.32. The molecule has 1 rings (SSSR count). The fourth-order valence-corrected chi connectivity index (χ4v) is 1.12. The van der Waals surface area contributed by atoms with Crippen molar-refractivity contribution >= 4 is 5.91 Å². The number of rotatable bonds is 5. The lowest BCUT2D eigenvalue weighted by atomic mass is 10.3. The van der Waals surface area contributed by atoms with E-state index in [2.05, 4.69) is 5.32 Å². The molecule has 1 fully saturated rings. The van der Waals surface area contributed by atoms with Gasteiger partial charge in [-0.2, -0.15) is 0 Å². The van der Waals surface area contributed by atoms with Gasteiger partial charge in [-0.05, 0) is 19.8 Å². The van der Waals surface area contributed by atoms with Gasteiger partial charge in [-0.25, -0.2) is 0 Å². The lowest BCUT2D eigenvalue weighted by Gasteiger charge is -2.18. The molecule has 4 nitrogen and oxygen atoms in total. The molecule has 0 saturated heterocycles. The van der Waals surface area contributed by atoms with Crippen LogP contribution < -0.4 is 5.32 Å². The first-order valence-electron chi connectivity index (χ1n) is 4.75. The third-order valence-corrected chi connectivity index (χ3v) is 2.36. The number of hydrogen-bond acceptors (Lipinski definition) is 3. The maximum atomic E-state index is 11.4. The van der Waals surface area contributed by atoms with Gasteiger partial charge in [0, 0.05) is 19.1 Å². The molecule has 0 heterocycles. The summed E-state index contributed by atoms with van der Waals surface area (Å²) < 4.78 is 0. The van der Waals surface area contributed by atoms with E-state index in [1.54, 1.807) is 4.90 Å². The van der Waals surface area contributed by atoms with Gasteiger partial charge in [0.15, 0.2) is 0 Å². The molecule has 2 N–H and O–H groups in total. The predicted octanol–water partition coefficient (Wildman–Crippen LogP) is -0.422. The van der Waals surface area contributed by atoms with E-state index in [1.165, 1.54) is 0 Å². The molecule has 0 aromatic heterocycles. The SMILES string of the molecule is CC(CO)NCC(=O)N(C)C1CC1. The van der Waals surface area contributed by atoms with Crippen LogP contribution in [0.1, 0.15) is 19.8 Å². The molecule has 0 spiro atoms. The number of carbonyl (C=O) groups is 1. The molecule has 1 unspecified atom stereocenters. The minimum Gasteiger partial charge on any atom is -0.395 e. The predicted molar refractivity (Wildman–Crippen MR) is 50.3 cm³/mol. The van der Waals surface area contributed by atoms with Gasteiger partial charge < -0.3 is 15.3 Å². The molecule has 4 heteroatoms. The monoisotopic (exact) mass is 186 g/mol. The summed E-state index contributed by atoms with van der Waals surface area (Å²) in [7, 11) is 1.84. The van der Waals surface area contributed by atoms with Crippen LogP contribution in [-0.4, -0.2) is 48.2 Å². The van der Waals surface area contributed by atoms with Gasteiger partial charge in [0.05, 0.1) is 13.2 Å². The molecule has 0 aromatic rings. The Bertz CT molecular complexity index is 180. The summed E-state index contributed by atoms with van der Waals surface area (Å²) in [5, 5.41) is 11.7. The quantitative estimate of drug-likeness (QED) is 0.613. The molecule has 0 aromatic carbocycles. The Morgan fingerprint density at radius 2 is 2.31 bits per heavy atom. The third-order valence-electron chi connectivity index (χ3n) is 2.36. The highest BCUT2D eigenvalue weighted by atomic mass is 16.3. The van der Waals surface area contributed by atoms with Crippen LogP contribution in [0.2, 0.25) is 0 Å². The van der Waals surface area contributed by atoms with Crippen molar-refractivity contribution in [2.75, 3.05) is 20.2 Å². The number of likely N-dealkylation sites (N-methyl/N-ethyl adjacent to an activating group) is 1. The molecule has 76 valence electrons. The van der Waals surface area contributed by atoms with Crippen LogP contribution in [0.4, 0.5) is 0 Å². The van der Waals surface area contributed by atoms with Crippen LogP contribution in [0.3, 0.4) is 0 Å². The van der Waals surface area contributed by atoms with Crippen LogP contribution in [-0.2, 0) is 4.79 Å². The molecule has 1 atom stereocenters. The second-order valence-electron chi connectivity index (χ2n) is 3.70. The van der Waals surface area contributed by atoms with Crippen molar-refractivity contribution in [3.63, 3.8) is 0 Å². The van der Waals surface area contributed by atoms with Gasteiger partial charge in [-0.3, -0.25) is 4.79 Å². The van der Waals surface area contributed by atoms with E-state index >= 15 is 0 Å². The topological polar surface area (TPSA) is 52.6 Å². The van der Waals surface area contributed by atoms with Crippen LogP contribution in [0.15, 0.2) is 0 Å². The summed E-state index contributed by atoms with van der Waals surface area (Å²) in [5.41, 5.74) is 0. The number of aliphatic hydroxyl groups is 1. The summed E-state index contributed by atoms with van der Waals surface area (Å²) in [5.74, 6) is 0.114. The molecule has 0 aliphatic heterocycles. The van der Waals surface area contributed by atoms with Crippen molar-refractivity contribution in [3.05, 3.63) is 0 Å². The van der Waals surface area contributed by atoms with E-state index in [4.69, 9.17) is 5.11 Å². The minimum atomic E-state index is -0.00319. The lowest BCUT2D eigenvalue weighted by Crippen LogP contribution is -2.41. The zero-order valence-electron chi connectivity index (χ0n) is 8.29. The molecule has 0 bridgehead atoms. The number of carbonyl (C=O) groups excluding carboxylic acids is 1. The molecule has 0 radical (unpaired) electrons. The van der Waals surface area contributed by atoms with E-state index in [9.17, 15) is 4.79 Å². The fourth-order valence-electron chi connectivity index (χ4n) is 1.12. The van der Waals surface area contributed by atoms with Crippen LogP contribution in [0.25, 0.3) is 0 Å². The Morgan fingerprint density at radius 3 is 2.77 bits per heavy atom. The standard InChI is InChI=1S/C9H18N2O2/c1-7(6-12)10-5-9(13)11(2)8-3-4-8/h7-8,10,12H,3-6H2,1-2H3. The molecule has 13 heavy (non-hydrogen) atoms. The Kier molecular flexibility index (Phi) is 3.69. The van der Waals surface area contributed by atoms with Gasteiger partial charge in [0.2, 0.25) is 5.91 Å². The maximum absolute atomic E-state index is 11.4. The number of amides is 1. The second kappa shape index (κ2) is 4.58. The van der Waals surface area contributed by atoms with Gasteiger partial charge in [0.25, 0.3) is 0 Å². The van der Waals surface area contributed by atoms with E-state index in [-0.39, 0.29) is 18.6 Å². The second-order valence-corrected chi connectivity index (χ2v) is 3.70. The molecule has 1 amide bonds. The fraction of sp³-hybridized carbons (Fsp3) is 0.889. The summed E-state index contributed by atoms with van der Waals surface area (Å²) in [6.07, 6.45) is 2.27. The smallest absolute Gasteiger partial charge is 0.236 e. The molecular weight excluding hydrogens is 168 g/mol. The Morgan fingerprint density at radius 1 is 1.69 bits per heavy atom. The van der Waals surface area contributed by atoms with Crippen LogP contribution in [0, 0.1) is 0 Å². The molecule has 1 aliphatic rings. The molecule has 1 saturated carbocycles. The van der Waals surface area contributed by atoms with Gasteiger partial charge in [-0.15, -0.1) is 0 Å². The highest BCUT2D eigenvalue weighted by Crippen LogP contribution is 2.24. The minimum absolute atomic E-state index is 0.00319. The first-order chi connectivity index (χ1) is 6.15.